The number of anilines is 2. The van der Waals surface area contributed by atoms with Crippen molar-refractivity contribution in [2.45, 2.75) is 18.9 Å². The van der Waals surface area contributed by atoms with Crippen LogP contribution in [0.25, 0.3) is 0 Å². The third kappa shape index (κ3) is 5.23. The van der Waals surface area contributed by atoms with Crippen LogP contribution in [0.5, 0.6) is 0 Å². The fraction of sp³-hybridized carbons (Fsp3) is 0.391. The zero-order valence-corrected chi connectivity index (χ0v) is 18.0. The third-order valence-electron chi connectivity index (χ3n) is 5.84. The lowest BCUT2D eigenvalue weighted by molar-refractivity contribution is -0.121. The molecule has 2 aliphatic heterocycles. The van der Waals surface area contributed by atoms with E-state index in [0.717, 1.165) is 44.8 Å². The number of piperazine rings is 1. The Labute approximate surface area is 186 Å². The summed E-state index contributed by atoms with van der Waals surface area (Å²) in [5, 5.41) is 3.81. The monoisotopic (exact) mass is 444 g/mol. The average molecular weight is 445 g/mol. The molecule has 2 amide bonds. The Balaban J connectivity index is 1.18. The number of benzene rings is 2. The number of nitrogens with zero attached hydrogens (tertiary/aromatic N) is 3. The Morgan fingerprint density at radius 1 is 0.935 bits per heavy atom. The molecule has 0 bridgehead atoms. The van der Waals surface area contributed by atoms with Gasteiger partial charge in [-0.2, -0.15) is 0 Å². The molecule has 0 aliphatic carbocycles. The van der Waals surface area contributed by atoms with E-state index in [4.69, 9.17) is 11.6 Å². The molecule has 4 rings (SSSR count). The fourth-order valence-electron chi connectivity index (χ4n) is 4.11. The summed E-state index contributed by atoms with van der Waals surface area (Å²) in [6.07, 6.45) is 1.08. The van der Waals surface area contributed by atoms with E-state index in [2.05, 4.69) is 15.1 Å². The lowest BCUT2D eigenvalue weighted by Gasteiger charge is -2.36. The zero-order chi connectivity index (χ0) is 21.8. The quantitative estimate of drug-likeness (QED) is 0.525. The molecule has 8 heteroatoms. The normalized spacial score (nSPS) is 20.0. The smallest absolute Gasteiger partial charge is 0.251 e. The molecular formula is C23H26ClFN4O2. The van der Waals surface area contributed by atoms with E-state index in [0.29, 0.717) is 17.3 Å². The summed E-state index contributed by atoms with van der Waals surface area (Å²) in [6, 6.07) is 12.9. The van der Waals surface area contributed by atoms with E-state index in [-0.39, 0.29) is 24.1 Å². The van der Waals surface area contributed by atoms with Gasteiger partial charge in [0.15, 0.2) is 0 Å². The molecule has 0 radical (unpaired) electrons. The first-order valence-electron chi connectivity index (χ1n) is 10.6. The van der Waals surface area contributed by atoms with Crippen LogP contribution >= 0.6 is 11.6 Å². The highest BCUT2D eigenvalue weighted by molar-refractivity contribution is 6.30. The third-order valence-corrected chi connectivity index (χ3v) is 6.09. The van der Waals surface area contributed by atoms with Crippen LogP contribution in [0.15, 0.2) is 48.5 Å². The summed E-state index contributed by atoms with van der Waals surface area (Å²) in [6.45, 7) is 5.32. The van der Waals surface area contributed by atoms with E-state index in [9.17, 15) is 14.0 Å². The summed E-state index contributed by atoms with van der Waals surface area (Å²) < 4.78 is 13.1. The minimum absolute atomic E-state index is 0.178. The van der Waals surface area contributed by atoms with Crippen LogP contribution in [0.1, 0.15) is 12.8 Å². The summed E-state index contributed by atoms with van der Waals surface area (Å²) in [5.74, 6) is -0.615. The molecule has 2 aliphatic rings. The fourth-order valence-corrected chi connectivity index (χ4v) is 4.24. The van der Waals surface area contributed by atoms with Gasteiger partial charge in [-0.15, -0.1) is 0 Å². The van der Waals surface area contributed by atoms with Gasteiger partial charge in [-0.05, 0) is 68.0 Å². The Morgan fingerprint density at radius 3 is 2.26 bits per heavy atom. The SMILES string of the molecule is O=C1C[C@@H](NCCCN2CCN(c3ccc(F)cc3)CC2)C(=O)N1c1ccc(Cl)cc1. The summed E-state index contributed by atoms with van der Waals surface area (Å²) in [7, 11) is 0. The number of carbonyl (C=O) groups is 2. The lowest BCUT2D eigenvalue weighted by Crippen LogP contribution is -2.47. The number of halogens is 2. The topological polar surface area (TPSA) is 55.9 Å². The van der Waals surface area contributed by atoms with Crippen molar-refractivity contribution in [2.24, 2.45) is 0 Å². The maximum Gasteiger partial charge on any atom is 0.251 e. The second-order valence-corrected chi connectivity index (χ2v) is 8.35. The Morgan fingerprint density at radius 2 is 1.58 bits per heavy atom. The Kier molecular flexibility index (Phi) is 6.85. The number of hydrogen-bond acceptors (Lipinski definition) is 5. The molecule has 0 saturated carbocycles. The van der Waals surface area contributed by atoms with E-state index in [1.807, 2.05) is 12.1 Å². The minimum atomic E-state index is -0.474. The van der Waals surface area contributed by atoms with Crippen LogP contribution in [0.3, 0.4) is 0 Å². The Hall–Kier alpha value is -2.48. The predicted octanol–water partition coefficient (Wildman–Crippen LogP) is 2.91. The molecule has 2 saturated heterocycles. The lowest BCUT2D eigenvalue weighted by atomic mass is 10.2. The summed E-state index contributed by atoms with van der Waals surface area (Å²) in [4.78, 5) is 30.9. The highest BCUT2D eigenvalue weighted by Crippen LogP contribution is 2.24. The van der Waals surface area contributed by atoms with Crippen LogP contribution in [-0.2, 0) is 9.59 Å². The van der Waals surface area contributed by atoms with Gasteiger partial charge in [-0.3, -0.25) is 14.5 Å². The highest BCUT2D eigenvalue weighted by Gasteiger charge is 2.39. The minimum Gasteiger partial charge on any atom is -0.369 e. The van der Waals surface area contributed by atoms with Gasteiger partial charge in [-0.25, -0.2) is 9.29 Å². The van der Waals surface area contributed by atoms with Gasteiger partial charge in [0.25, 0.3) is 5.91 Å². The molecule has 31 heavy (non-hydrogen) atoms. The molecule has 2 fully saturated rings. The Bertz CT molecular complexity index is 914. The first kappa shape index (κ1) is 21.7. The molecule has 0 aromatic heterocycles. The number of amides is 2. The van der Waals surface area contributed by atoms with E-state index in [1.54, 1.807) is 24.3 Å². The molecule has 0 spiro atoms. The first-order valence-corrected chi connectivity index (χ1v) is 11.0. The molecular weight excluding hydrogens is 419 g/mol. The molecule has 2 heterocycles. The highest BCUT2D eigenvalue weighted by atomic mass is 35.5. The van der Waals surface area contributed by atoms with Crippen LogP contribution in [0, 0.1) is 5.82 Å². The van der Waals surface area contributed by atoms with Crippen molar-refractivity contribution in [3.05, 3.63) is 59.4 Å². The molecule has 1 N–H and O–H groups in total. The van der Waals surface area contributed by atoms with Crippen molar-refractivity contribution in [3.8, 4) is 0 Å². The van der Waals surface area contributed by atoms with Gasteiger partial charge in [-0.1, -0.05) is 11.6 Å². The second kappa shape index (κ2) is 9.77. The van der Waals surface area contributed by atoms with E-state index >= 15 is 0 Å². The van der Waals surface area contributed by atoms with Gasteiger partial charge in [0.1, 0.15) is 5.82 Å². The summed E-state index contributed by atoms with van der Waals surface area (Å²) in [5.41, 5.74) is 1.61. The van der Waals surface area contributed by atoms with Crippen molar-refractivity contribution in [1.82, 2.24) is 10.2 Å². The van der Waals surface area contributed by atoms with Crippen molar-refractivity contribution in [3.63, 3.8) is 0 Å². The van der Waals surface area contributed by atoms with Gasteiger partial charge >= 0.3 is 0 Å². The average Bonchev–Trinajstić information content (AvgIpc) is 3.06. The number of carbonyl (C=O) groups excluding carboxylic acids is 2. The summed E-state index contributed by atoms with van der Waals surface area (Å²) >= 11 is 5.89. The van der Waals surface area contributed by atoms with Gasteiger partial charge in [0, 0.05) is 36.9 Å². The molecule has 0 unspecified atom stereocenters. The number of hydrogen-bond donors (Lipinski definition) is 1. The molecule has 1 atom stereocenters. The van der Waals surface area contributed by atoms with Crippen molar-refractivity contribution < 1.29 is 14.0 Å². The zero-order valence-electron chi connectivity index (χ0n) is 17.3. The van der Waals surface area contributed by atoms with Crippen molar-refractivity contribution in [1.29, 1.82) is 0 Å². The second-order valence-electron chi connectivity index (χ2n) is 7.91. The van der Waals surface area contributed by atoms with E-state index in [1.165, 1.54) is 17.0 Å². The maximum atomic E-state index is 13.1. The van der Waals surface area contributed by atoms with Crippen molar-refractivity contribution >= 4 is 34.8 Å². The van der Waals surface area contributed by atoms with Crippen molar-refractivity contribution in [2.75, 3.05) is 49.1 Å². The largest absolute Gasteiger partial charge is 0.369 e. The molecule has 6 nitrogen and oxygen atoms in total. The molecule has 164 valence electrons. The van der Waals surface area contributed by atoms with Crippen LogP contribution in [0.4, 0.5) is 15.8 Å². The molecule has 2 aromatic rings. The van der Waals surface area contributed by atoms with Gasteiger partial charge in [0.2, 0.25) is 5.91 Å². The van der Waals surface area contributed by atoms with Gasteiger partial charge in [0.05, 0.1) is 18.2 Å². The van der Waals surface area contributed by atoms with Crippen LogP contribution in [0.2, 0.25) is 5.02 Å². The van der Waals surface area contributed by atoms with Gasteiger partial charge < -0.3 is 10.2 Å². The maximum absolute atomic E-state index is 13.1. The van der Waals surface area contributed by atoms with Crippen LogP contribution < -0.4 is 15.1 Å². The number of rotatable bonds is 7. The van der Waals surface area contributed by atoms with E-state index < -0.39 is 6.04 Å². The number of imide groups is 1. The first-order chi connectivity index (χ1) is 15.0. The van der Waals surface area contributed by atoms with Crippen LogP contribution in [-0.4, -0.2) is 62.0 Å². The molecule has 2 aromatic carbocycles. The predicted molar refractivity (Wildman–Crippen MR) is 120 cm³/mol. The number of nitrogens with one attached hydrogen (secondary N) is 1. The standard InChI is InChI=1S/C23H26ClFN4O2/c24-17-2-6-20(7-3-17)29-22(30)16-21(23(29)31)26-10-1-11-27-12-14-28(15-13-27)19-8-4-18(25)5-9-19/h2-9,21,26H,1,10-16H2/t21-/m1/s1.